The van der Waals surface area contributed by atoms with E-state index in [0.29, 0.717) is 0 Å². The molecule has 0 saturated heterocycles. The van der Waals surface area contributed by atoms with Gasteiger partial charge in [0.2, 0.25) is 0 Å². The van der Waals surface area contributed by atoms with Crippen LogP contribution in [0.2, 0.25) is 0 Å². The van der Waals surface area contributed by atoms with Gasteiger partial charge in [-0.1, -0.05) is 35.9 Å². The average molecular weight is 241 g/mol. The molecular weight excluding hydrogens is 222 g/mol. The monoisotopic (exact) mass is 241 g/mol. The van der Waals surface area contributed by atoms with Crippen LogP contribution in [-0.2, 0) is 0 Å². The molecule has 2 rings (SSSR count). The van der Waals surface area contributed by atoms with E-state index in [0.717, 1.165) is 27.9 Å². The zero-order chi connectivity index (χ0) is 13.3. The molecule has 0 aromatic heterocycles. The number of hydrogen-bond acceptors (Lipinski definition) is 2. The smallest absolute Gasteiger partial charge is 0.105 e. The molecule has 2 heteroatoms. The number of rotatable bonds is 2. The topological polar surface area (TPSA) is 46.2 Å². The largest absolute Gasteiger partial charge is 0.399 e. The van der Waals surface area contributed by atoms with Gasteiger partial charge in [0, 0.05) is 5.69 Å². The Morgan fingerprint density at radius 1 is 1.00 bits per heavy atom. The summed E-state index contributed by atoms with van der Waals surface area (Å²) in [5.41, 5.74) is 11.7. The second-order valence-electron chi connectivity index (χ2n) is 4.82. The third kappa shape index (κ3) is 2.24. The number of aliphatic hydroxyl groups is 1. The molecule has 2 aromatic carbocycles. The Balaban J connectivity index is 2.48. The van der Waals surface area contributed by atoms with Crippen LogP contribution in [0.3, 0.4) is 0 Å². The summed E-state index contributed by atoms with van der Waals surface area (Å²) in [6.07, 6.45) is -0.617. The van der Waals surface area contributed by atoms with Crippen molar-refractivity contribution < 1.29 is 5.11 Å². The van der Waals surface area contributed by atoms with E-state index in [4.69, 9.17) is 5.73 Å². The molecular formula is C16H19NO. The molecule has 0 heterocycles. The minimum Gasteiger partial charge on any atom is -0.399 e. The summed E-state index contributed by atoms with van der Waals surface area (Å²) in [5.74, 6) is 0. The second-order valence-corrected chi connectivity index (χ2v) is 4.82. The third-order valence-corrected chi connectivity index (χ3v) is 3.43. The van der Waals surface area contributed by atoms with E-state index in [2.05, 4.69) is 13.0 Å². The number of aryl methyl sites for hydroxylation is 2. The number of benzene rings is 2. The van der Waals surface area contributed by atoms with Crippen LogP contribution in [0, 0.1) is 20.8 Å². The molecule has 2 nitrogen and oxygen atoms in total. The summed E-state index contributed by atoms with van der Waals surface area (Å²) in [5, 5.41) is 10.5. The van der Waals surface area contributed by atoms with Gasteiger partial charge < -0.3 is 10.8 Å². The lowest BCUT2D eigenvalue weighted by Gasteiger charge is -2.17. The van der Waals surface area contributed by atoms with Crippen molar-refractivity contribution in [3.63, 3.8) is 0 Å². The minimum atomic E-state index is -0.617. The van der Waals surface area contributed by atoms with Crippen LogP contribution in [0.4, 0.5) is 5.69 Å². The molecule has 2 aromatic rings. The van der Waals surface area contributed by atoms with Gasteiger partial charge in [-0.25, -0.2) is 0 Å². The van der Waals surface area contributed by atoms with E-state index in [1.807, 2.05) is 44.2 Å². The number of nitrogen functional groups attached to an aromatic ring is 1. The van der Waals surface area contributed by atoms with E-state index in [1.165, 1.54) is 5.56 Å². The molecule has 0 amide bonds. The van der Waals surface area contributed by atoms with Crippen molar-refractivity contribution in [1.82, 2.24) is 0 Å². The van der Waals surface area contributed by atoms with Gasteiger partial charge in [-0.2, -0.15) is 0 Å². The molecule has 18 heavy (non-hydrogen) atoms. The maximum atomic E-state index is 10.5. The zero-order valence-electron chi connectivity index (χ0n) is 11.1. The van der Waals surface area contributed by atoms with E-state index < -0.39 is 6.10 Å². The molecule has 0 unspecified atom stereocenters. The summed E-state index contributed by atoms with van der Waals surface area (Å²) < 4.78 is 0. The van der Waals surface area contributed by atoms with Gasteiger partial charge in [0.25, 0.3) is 0 Å². The van der Waals surface area contributed by atoms with E-state index in [9.17, 15) is 5.11 Å². The molecule has 0 spiro atoms. The first-order valence-electron chi connectivity index (χ1n) is 6.11. The van der Waals surface area contributed by atoms with Crippen LogP contribution < -0.4 is 5.73 Å². The first-order valence-corrected chi connectivity index (χ1v) is 6.11. The predicted octanol–water partition coefficient (Wildman–Crippen LogP) is 3.28. The Morgan fingerprint density at radius 2 is 1.72 bits per heavy atom. The van der Waals surface area contributed by atoms with Crippen LogP contribution in [0.15, 0.2) is 36.4 Å². The van der Waals surface area contributed by atoms with Crippen molar-refractivity contribution in [3.05, 3.63) is 64.2 Å². The van der Waals surface area contributed by atoms with Crippen LogP contribution >= 0.6 is 0 Å². The van der Waals surface area contributed by atoms with E-state index in [1.54, 1.807) is 0 Å². The molecule has 0 saturated carbocycles. The van der Waals surface area contributed by atoms with Gasteiger partial charge in [0.05, 0.1) is 0 Å². The zero-order valence-corrected chi connectivity index (χ0v) is 11.1. The number of anilines is 1. The quantitative estimate of drug-likeness (QED) is 0.793. The fraction of sp³-hybridized carbons (Fsp3) is 0.250. The summed E-state index contributed by atoms with van der Waals surface area (Å²) >= 11 is 0. The van der Waals surface area contributed by atoms with Crippen LogP contribution in [0.5, 0.6) is 0 Å². The highest BCUT2D eigenvalue weighted by Gasteiger charge is 2.15. The maximum absolute atomic E-state index is 10.5. The van der Waals surface area contributed by atoms with Crippen LogP contribution in [-0.4, -0.2) is 5.11 Å². The van der Waals surface area contributed by atoms with Gasteiger partial charge >= 0.3 is 0 Å². The van der Waals surface area contributed by atoms with Gasteiger partial charge in [-0.3, -0.25) is 0 Å². The fourth-order valence-corrected chi connectivity index (χ4v) is 2.27. The third-order valence-electron chi connectivity index (χ3n) is 3.43. The Morgan fingerprint density at radius 3 is 2.39 bits per heavy atom. The summed E-state index contributed by atoms with van der Waals surface area (Å²) in [4.78, 5) is 0. The van der Waals surface area contributed by atoms with Crippen molar-refractivity contribution in [3.8, 4) is 0 Å². The molecule has 94 valence electrons. The Kier molecular flexibility index (Phi) is 3.39. The Labute approximate surface area is 108 Å². The lowest BCUT2D eigenvalue weighted by Crippen LogP contribution is -2.05. The molecule has 1 atom stereocenters. The molecule has 0 radical (unpaired) electrons. The Bertz CT molecular complexity index is 575. The maximum Gasteiger partial charge on any atom is 0.105 e. The summed E-state index contributed by atoms with van der Waals surface area (Å²) in [7, 11) is 0. The van der Waals surface area contributed by atoms with Crippen molar-refractivity contribution in [1.29, 1.82) is 0 Å². The number of nitrogens with two attached hydrogens (primary N) is 1. The van der Waals surface area contributed by atoms with Gasteiger partial charge in [0.15, 0.2) is 0 Å². The molecule has 3 N–H and O–H groups in total. The highest BCUT2D eigenvalue weighted by Crippen LogP contribution is 2.29. The van der Waals surface area contributed by atoms with Crippen LogP contribution in [0.1, 0.15) is 33.9 Å². The normalized spacial score (nSPS) is 12.4. The first kappa shape index (κ1) is 12.7. The summed E-state index contributed by atoms with van der Waals surface area (Å²) in [6, 6.07) is 11.7. The average Bonchev–Trinajstić information content (AvgIpc) is 2.32. The summed E-state index contributed by atoms with van der Waals surface area (Å²) in [6.45, 7) is 6.01. The molecule has 0 aliphatic heterocycles. The van der Waals surface area contributed by atoms with Gasteiger partial charge in [-0.05, 0) is 49.1 Å². The number of aliphatic hydroxyl groups excluding tert-OH is 1. The van der Waals surface area contributed by atoms with E-state index >= 15 is 0 Å². The highest BCUT2D eigenvalue weighted by molar-refractivity contribution is 5.52. The lowest BCUT2D eigenvalue weighted by molar-refractivity contribution is 0.219. The first-order chi connectivity index (χ1) is 8.50. The minimum absolute atomic E-state index is 0.617. The molecule has 0 aliphatic carbocycles. The van der Waals surface area contributed by atoms with E-state index in [-0.39, 0.29) is 0 Å². The fourth-order valence-electron chi connectivity index (χ4n) is 2.27. The Hall–Kier alpha value is -1.80. The molecule has 0 bridgehead atoms. The van der Waals surface area contributed by atoms with Crippen LogP contribution in [0.25, 0.3) is 0 Å². The van der Waals surface area contributed by atoms with Crippen molar-refractivity contribution in [2.45, 2.75) is 26.9 Å². The highest BCUT2D eigenvalue weighted by atomic mass is 16.3. The van der Waals surface area contributed by atoms with Crippen molar-refractivity contribution in [2.75, 3.05) is 5.73 Å². The molecule has 0 fully saturated rings. The van der Waals surface area contributed by atoms with Gasteiger partial charge in [0.1, 0.15) is 6.10 Å². The van der Waals surface area contributed by atoms with Crippen molar-refractivity contribution in [2.24, 2.45) is 0 Å². The van der Waals surface area contributed by atoms with Crippen molar-refractivity contribution >= 4 is 5.69 Å². The molecule has 0 aliphatic rings. The standard InChI is InChI=1S/C16H19NO/c1-10-7-8-13(11(2)9-10)16(18)14-5-4-6-15(17)12(14)3/h4-9,16,18H,17H2,1-3H3/t16-/m0/s1. The predicted molar refractivity (Wildman–Crippen MR) is 75.6 cm³/mol. The second kappa shape index (κ2) is 4.83. The lowest BCUT2D eigenvalue weighted by atomic mass is 9.93. The number of hydrogen-bond donors (Lipinski definition) is 2. The SMILES string of the molecule is Cc1ccc([C@H](O)c2cccc(N)c2C)c(C)c1. The van der Waals surface area contributed by atoms with Gasteiger partial charge in [-0.15, -0.1) is 0 Å².